The van der Waals surface area contributed by atoms with E-state index in [1.54, 1.807) is 36.5 Å². The van der Waals surface area contributed by atoms with Gasteiger partial charge in [-0.25, -0.2) is 13.4 Å². The van der Waals surface area contributed by atoms with E-state index in [-0.39, 0.29) is 18.4 Å². The summed E-state index contributed by atoms with van der Waals surface area (Å²) in [4.78, 5) is 16.2. The zero-order valence-corrected chi connectivity index (χ0v) is 17.0. The lowest BCUT2D eigenvalue weighted by molar-refractivity contribution is -0.118. The second kappa shape index (κ2) is 9.14. The van der Waals surface area contributed by atoms with E-state index in [2.05, 4.69) is 26.2 Å². The number of amides is 1. The Labute approximate surface area is 162 Å². The van der Waals surface area contributed by atoms with Crippen LogP contribution in [0.1, 0.15) is 25.0 Å². The van der Waals surface area contributed by atoms with E-state index >= 15 is 0 Å². The zero-order chi connectivity index (χ0) is 19.2. The van der Waals surface area contributed by atoms with Crippen LogP contribution in [0.2, 0.25) is 0 Å². The molecule has 0 atom stereocenters. The van der Waals surface area contributed by atoms with Gasteiger partial charge in [0, 0.05) is 22.8 Å². The number of hydrogen-bond donors (Lipinski definition) is 1. The minimum absolute atomic E-state index is 0.0510. The predicted octanol–water partition coefficient (Wildman–Crippen LogP) is 2.86. The van der Waals surface area contributed by atoms with Crippen LogP contribution in [0.25, 0.3) is 0 Å². The number of nitrogens with zero attached hydrogens (tertiary/aromatic N) is 1. The Morgan fingerprint density at radius 1 is 1.27 bits per heavy atom. The van der Waals surface area contributed by atoms with Crippen molar-refractivity contribution in [3.8, 4) is 5.88 Å². The van der Waals surface area contributed by atoms with E-state index in [1.165, 1.54) is 0 Å². The molecule has 1 N–H and O–H groups in total. The lowest BCUT2D eigenvalue weighted by atomic mass is 10.2. The molecule has 0 aliphatic heterocycles. The highest BCUT2D eigenvalue weighted by atomic mass is 79.9. The molecule has 2 rings (SSSR count). The Bertz CT molecular complexity index is 869. The van der Waals surface area contributed by atoms with Crippen molar-refractivity contribution in [2.45, 2.75) is 32.2 Å². The van der Waals surface area contributed by atoms with E-state index < -0.39 is 21.5 Å². The summed E-state index contributed by atoms with van der Waals surface area (Å²) in [6.45, 7) is 3.91. The van der Waals surface area contributed by atoms with E-state index in [4.69, 9.17) is 4.74 Å². The molecule has 1 amide bonds. The van der Waals surface area contributed by atoms with E-state index in [9.17, 15) is 13.2 Å². The van der Waals surface area contributed by atoms with Crippen molar-refractivity contribution in [1.29, 1.82) is 0 Å². The minimum atomic E-state index is -3.56. The molecular weight excluding hydrogens is 420 g/mol. The highest BCUT2D eigenvalue weighted by Gasteiger charge is 2.18. The number of carbonyl (C=O) groups is 1. The van der Waals surface area contributed by atoms with Crippen molar-refractivity contribution in [3.63, 3.8) is 0 Å². The largest absolute Gasteiger partial charge is 0.475 e. The molecule has 2 aromatic rings. The summed E-state index contributed by atoms with van der Waals surface area (Å²) in [5.74, 6) is -0.881. The molecule has 6 nitrogen and oxygen atoms in total. The second-order valence-corrected chi connectivity index (χ2v) is 9.05. The van der Waals surface area contributed by atoms with Crippen LogP contribution in [0.4, 0.5) is 0 Å². The maximum absolute atomic E-state index is 12.2. The van der Waals surface area contributed by atoms with Gasteiger partial charge in [0.05, 0.1) is 11.9 Å². The maximum atomic E-state index is 12.2. The van der Waals surface area contributed by atoms with Gasteiger partial charge in [0.25, 0.3) is 0 Å². The number of pyridine rings is 1. The van der Waals surface area contributed by atoms with Gasteiger partial charge in [-0.05, 0) is 37.6 Å². The fraction of sp³-hybridized carbons (Fsp3) is 0.333. The standard InChI is InChI=1S/C18H21BrN2O4S/c1-13(2)25-18-15(6-4-8-20-18)10-21-17(22)12-26(23,24)11-14-5-3-7-16(19)9-14/h3-9,13H,10-12H2,1-2H3,(H,21,22). The average Bonchev–Trinajstić information content (AvgIpc) is 2.52. The summed E-state index contributed by atoms with van der Waals surface area (Å²) in [6.07, 6.45) is 1.55. The lowest BCUT2D eigenvalue weighted by Crippen LogP contribution is -2.30. The summed E-state index contributed by atoms with van der Waals surface area (Å²) in [5.41, 5.74) is 1.32. The van der Waals surface area contributed by atoms with Gasteiger partial charge in [-0.3, -0.25) is 4.79 Å². The van der Waals surface area contributed by atoms with Crippen LogP contribution in [-0.2, 0) is 26.9 Å². The molecule has 0 saturated carbocycles. The maximum Gasteiger partial charge on any atom is 0.235 e. The first-order valence-corrected chi connectivity index (χ1v) is 10.7. The van der Waals surface area contributed by atoms with Crippen LogP contribution in [-0.4, -0.2) is 31.2 Å². The molecule has 140 valence electrons. The Hall–Kier alpha value is -1.93. The molecule has 0 bridgehead atoms. The molecule has 0 aliphatic rings. The number of benzene rings is 1. The van der Waals surface area contributed by atoms with Crippen molar-refractivity contribution >= 4 is 31.7 Å². The highest BCUT2D eigenvalue weighted by molar-refractivity contribution is 9.10. The Balaban J connectivity index is 1.94. The first-order valence-electron chi connectivity index (χ1n) is 8.07. The first kappa shape index (κ1) is 20.4. The quantitative estimate of drug-likeness (QED) is 0.681. The molecule has 1 aromatic carbocycles. The smallest absolute Gasteiger partial charge is 0.235 e. The minimum Gasteiger partial charge on any atom is -0.475 e. The number of halogens is 1. The average molecular weight is 441 g/mol. The van der Waals surface area contributed by atoms with Crippen LogP contribution in [0, 0.1) is 0 Å². The molecule has 0 radical (unpaired) electrons. The van der Waals surface area contributed by atoms with Gasteiger partial charge >= 0.3 is 0 Å². The molecular formula is C18H21BrN2O4S. The van der Waals surface area contributed by atoms with Crippen LogP contribution in [0.3, 0.4) is 0 Å². The summed E-state index contributed by atoms with van der Waals surface area (Å²) >= 11 is 3.30. The SMILES string of the molecule is CC(C)Oc1ncccc1CNC(=O)CS(=O)(=O)Cc1cccc(Br)c1. The van der Waals surface area contributed by atoms with Crippen LogP contribution in [0.5, 0.6) is 5.88 Å². The van der Waals surface area contributed by atoms with Gasteiger partial charge in [-0.1, -0.05) is 34.1 Å². The summed E-state index contributed by atoms with van der Waals surface area (Å²) in [6, 6.07) is 10.5. The normalized spacial score (nSPS) is 11.4. The van der Waals surface area contributed by atoms with Crippen molar-refractivity contribution in [2.24, 2.45) is 0 Å². The third-order valence-electron chi connectivity index (χ3n) is 3.30. The molecule has 0 spiro atoms. The number of carbonyl (C=O) groups excluding carboxylic acids is 1. The third-order valence-corrected chi connectivity index (χ3v) is 5.27. The number of nitrogens with one attached hydrogen (secondary N) is 1. The van der Waals surface area contributed by atoms with E-state index in [0.29, 0.717) is 17.0 Å². The number of sulfone groups is 1. The number of rotatable bonds is 8. The van der Waals surface area contributed by atoms with Gasteiger partial charge in [-0.2, -0.15) is 0 Å². The second-order valence-electron chi connectivity index (χ2n) is 6.07. The Morgan fingerprint density at radius 2 is 2.04 bits per heavy atom. The fourth-order valence-corrected chi connectivity index (χ4v) is 4.00. The van der Waals surface area contributed by atoms with Gasteiger partial charge in [0.2, 0.25) is 11.8 Å². The van der Waals surface area contributed by atoms with Crippen molar-refractivity contribution in [1.82, 2.24) is 10.3 Å². The van der Waals surface area contributed by atoms with Crippen LogP contribution in [0.15, 0.2) is 47.1 Å². The van der Waals surface area contributed by atoms with E-state index in [1.807, 2.05) is 19.9 Å². The number of aromatic nitrogens is 1. The van der Waals surface area contributed by atoms with Crippen LogP contribution >= 0.6 is 15.9 Å². The topological polar surface area (TPSA) is 85.4 Å². The summed E-state index contributed by atoms with van der Waals surface area (Å²) in [7, 11) is -3.56. The molecule has 0 fully saturated rings. The number of hydrogen-bond acceptors (Lipinski definition) is 5. The monoisotopic (exact) mass is 440 g/mol. The zero-order valence-electron chi connectivity index (χ0n) is 14.6. The van der Waals surface area contributed by atoms with Crippen molar-refractivity contribution in [2.75, 3.05) is 5.75 Å². The van der Waals surface area contributed by atoms with Gasteiger partial charge in [0.1, 0.15) is 5.75 Å². The molecule has 0 unspecified atom stereocenters. The van der Waals surface area contributed by atoms with Crippen molar-refractivity contribution in [3.05, 3.63) is 58.2 Å². The molecule has 26 heavy (non-hydrogen) atoms. The first-order chi connectivity index (χ1) is 12.2. The Kier molecular flexibility index (Phi) is 7.16. The third kappa shape index (κ3) is 6.76. The molecule has 1 aromatic heterocycles. The van der Waals surface area contributed by atoms with Crippen LogP contribution < -0.4 is 10.1 Å². The lowest BCUT2D eigenvalue weighted by Gasteiger charge is -2.13. The molecule has 0 aliphatic carbocycles. The van der Waals surface area contributed by atoms with Gasteiger partial charge in [0.15, 0.2) is 9.84 Å². The summed E-state index contributed by atoms with van der Waals surface area (Å²) in [5, 5.41) is 2.62. The predicted molar refractivity (Wildman–Crippen MR) is 103 cm³/mol. The number of ether oxygens (including phenoxy) is 1. The fourth-order valence-electron chi connectivity index (χ4n) is 2.26. The van der Waals surface area contributed by atoms with Crippen molar-refractivity contribution < 1.29 is 17.9 Å². The Morgan fingerprint density at radius 3 is 2.73 bits per heavy atom. The van der Waals surface area contributed by atoms with E-state index in [0.717, 1.165) is 4.47 Å². The highest BCUT2D eigenvalue weighted by Crippen LogP contribution is 2.16. The van der Waals surface area contributed by atoms with Gasteiger partial charge < -0.3 is 10.1 Å². The van der Waals surface area contributed by atoms with Gasteiger partial charge in [-0.15, -0.1) is 0 Å². The molecule has 0 saturated heterocycles. The molecule has 1 heterocycles. The summed E-state index contributed by atoms with van der Waals surface area (Å²) < 4.78 is 30.8. The molecule has 8 heteroatoms.